The lowest BCUT2D eigenvalue weighted by molar-refractivity contribution is -0.137. The van der Waals surface area contributed by atoms with Gasteiger partial charge in [0.1, 0.15) is 5.67 Å². The second-order valence-corrected chi connectivity index (χ2v) is 5.82. The zero-order valence-electron chi connectivity index (χ0n) is 11.3. The first-order chi connectivity index (χ1) is 8.96. The maximum absolute atomic E-state index is 14.1. The van der Waals surface area contributed by atoms with Gasteiger partial charge in [-0.2, -0.15) is 0 Å². The van der Waals surface area contributed by atoms with E-state index >= 15 is 0 Å². The predicted molar refractivity (Wildman–Crippen MR) is 73.6 cm³/mol. The predicted octanol–water partition coefficient (Wildman–Crippen LogP) is 4.05. The average Bonchev–Trinajstić information content (AvgIpc) is 2.71. The van der Waals surface area contributed by atoms with Crippen LogP contribution in [0.3, 0.4) is 0 Å². The number of hydrogen-bond donors (Lipinski definition) is 1. The fourth-order valence-corrected chi connectivity index (χ4v) is 3.05. The Bertz CT molecular complexity index is 432. The highest BCUT2D eigenvalue weighted by molar-refractivity contribution is 5.66. The van der Waals surface area contributed by atoms with Crippen LogP contribution >= 0.6 is 0 Å². The quantitative estimate of drug-likeness (QED) is 0.831. The lowest BCUT2D eigenvalue weighted by atomic mass is 9.92. The molecule has 104 valence electrons. The molecule has 3 unspecified atom stereocenters. The fraction of sp³-hybridized carbons (Fsp3) is 0.562. The maximum atomic E-state index is 14.1. The van der Waals surface area contributed by atoms with E-state index in [2.05, 4.69) is 0 Å². The van der Waals surface area contributed by atoms with Gasteiger partial charge in [0, 0.05) is 6.42 Å². The molecule has 2 aliphatic rings. The third kappa shape index (κ3) is 4.05. The topological polar surface area (TPSA) is 37.3 Å². The number of carboxylic acids is 1. The minimum absolute atomic E-state index is 0.245. The third-order valence-corrected chi connectivity index (χ3v) is 4.05. The van der Waals surface area contributed by atoms with Crippen LogP contribution in [0.4, 0.5) is 4.39 Å². The molecule has 0 aliphatic heterocycles. The smallest absolute Gasteiger partial charge is 0.303 e. The van der Waals surface area contributed by atoms with Crippen molar-refractivity contribution < 1.29 is 14.3 Å². The molecule has 0 aromatic rings. The molecule has 0 saturated heterocycles. The zero-order valence-corrected chi connectivity index (χ0v) is 11.3. The first-order valence-electron chi connectivity index (χ1n) is 6.95. The number of alkyl halides is 1. The molecule has 0 radical (unpaired) electrons. The molecule has 2 nitrogen and oxygen atoms in total. The Kier molecular flexibility index (Phi) is 4.23. The highest BCUT2D eigenvalue weighted by Crippen LogP contribution is 2.39. The van der Waals surface area contributed by atoms with E-state index in [4.69, 9.17) is 5.11 Å². The van der Waals surface area contributed by atoms with Gasteiger partial charge in [0.25, 0.3) is 0 Å². The summed E-state index contributed by atoms with van der Waals surface area (Å²) < 4.78 is 14.1. The molecular weight excluding hydrogens is 243 g/mol. The van der Waals surface area contributed by atoms with E-state index in [1.54, 1.807) is 25.2 Å². The molecule has 2 rings (SSSR count). The minimum atomic E-state index is -1.38. The van der Waals surface area contributed by atoms with Gasteiger partial charge in [0.15, 0.2) is 0 Å². The Labute approximate surface area is 113 Å². The SMILES string of the molecule is CC1(F)C=CC=CC(C2CCC(CCC(=O)O)C2)=C1. The van der Waals surface area contributed by atoms with E-state index < -0.39 is 11.6 Å². The molecule has 1 N–H and O–H groups in total. The molecule has 0 aromatic carbocycles. The molecule has 0 amide bonds. The number of allylic oxidation sites excluding steroid dienone is 6. The normalized spacial score (nSPS) is 34.1. The van der Waals surface area contributed by atoms with Gasteiger partial charge < -0.3 is 5.11 Å². The molecule has 19 heavy (non-hydrogen) atoms. The summed E-state index contributed by atoms with van der Waals surface area (Å²) in [5.74, 6) is 0.125. The summed E-state index contributed by atoms with van der Waals surface area (Å²) in [6.45, 7) is 1.56. The van der Waals surface area contributed by atoms with Crippen LogP contribution in [-0.4, -0.2) is 16.7 Å². The van der Waals surface area contributed by atoms with E-state index in [0.717, 1.165) is 31.3 Å². The van der Waals surface area contributed by atoms with Crippen LogP contribution in [-0.2, 0) is 4.79 Å². The fourth-order valence-electron chi connectivity index (χ4n) is 3.05. The van der Waals surface area contributed by atoms with Gasteiger partial charge in [-0.25, -0.2) is 4.39 Å². The molecule has 0 spiro atoms. The molecule has 3 atom stereocenters. The highest BCUT2D eigenvalue weighted by atomic mass is 19.1. The summed E-state index contributed by atoms with van der Waals surface area (Å²) in [5.41, 5.74) is -0.314. The molecule has 2 aliphatic carbocycles. The Morgan fingerprint density at radius 2 is 2.26 bits per heavy atom. The third-order valence-electron chi connectivity index (χ3n) is 4.05. The Balaban J connectivity index is 1.97. The first kappa shape index (κ1) is 14.0. The summed E-state index contributed by atoms with van der Waals surface area (Å²) in [6.07, 6.45) is 13.0. The van der Waals surface area contributed by atoms with E-state index in [9.17, 15) is 9.18 Å². The lowest BCUT2D eigenvalue weighted by Gasteiger charge is -2.16. The van der Waals surface area contributed by atoms with E-state index in [1.165, 1.54) is 0 Å². The van der Waals surface area contributed by atoms with E-state index in [0.29, 0.717) is 11.8 Å². The second-order valence-electron chi connectivity index (χ2n) is 5.82. The van der Waals surface area contributed by atoms with Crippen molar-refractivity contribution in [1.82, 2.24) is 0 Å². The van der Waals surface area contributed by atoms with Crippen LogP contribution in [0.15, 0.2) is 36.0 Å². The molecule has 1 saturated carbocycles. The molecule has 1 fully saturated rings. The van der Waals surface area contributed by atoms with Crippen molar-refractivity contribution in [2.75, 3.05) is 0 Å². The van der Waals surface area contributed by atoms with E-state index in [1.807, 2.05) is 12.2 Å². The van der Waals surface area contributed by atoms with Crippen LogP contribution in [0.5, 0.6) is 0 Å². The van der Waals surface area contributed by atoms with Crippen molar-refractivity contribution in [2.45, 2.75) is 44.7 Å². The van der Waals surface area contributed by atoms with Gasteiger partial charge in [0.05, 0.1) is 0 Å². The lowest BCUT2D eigenvalue weighted by Crippen LogP contribution is -2.12. The van der Waals surface area contributed by atoms with Gasteiger partial charge in [-0.15, -0.1) is 0 Å². The number of carboxylic acid groups (broad SMARTS) is 1. The monoisotopic (exact) mass is 264 g/mol. The van der Waals surface area contributed by atoms with Crippen molar-refractivity contribution in [2.24, 2.45) is 11.8 Å². The van der Waals surface area contributed by atoms with Crippen molar-refractivity contribution in [3.8, 4) is 0 Å². The van der Waals surface area contributed by atoms with Crippen LogP contribution in [0.25, 0.3) is 0 Å². The Hall–Kier alpha value is -1.38. The molecule has 0 aromatic heterocycles. The first-order valence-corrected chi connectivity index (χ1v) is 6.95. The summed E-state index contributed by atoms with van der Waals surface area (Å²) in [7, 11) is 0. The molecular formula is C16H21FO2. The molecule has 0 bridgehead atoms. The minimum Gasteiger partial charge on any atom is -0.481 e. The Morgan fingerprint density at radius 3 is 3.00 bits per heavy atom. The van der Waals surface area contributed by atoms with Crippen molar-refractivity contribution in [3.05, 3.63) is 36.0 Å². The van der Waals surface area contributed by atoms with Crippen LogP contribution in [0, 0.1) is 11.8 Å². The second kappa shape index (κ2) is 5.72. The number of aliphatic carboxylic acids is 1. The number of halogens is 1. The maximum Gasteiger partial charge on any atom is 0.303 e. The van der Waals surface area contributed by atoms with Crippen LogP contribution < -0.4 is 0 Å². The summed E-state index contributed by atoms with van der Waals surface area (Å²) in [4.78, 5) is 10.6. The van der Waals surface area contributed by atoms with Crippen molar-refractivity contribution in [3.63, 3.8) is 0 Å². The summed E-state index contributed by atoms with van der Waals surface area (Å²) in [5, 5.41) is 8.71. The van der Waals surface area contributed by atoms with Crippen LogP contribution in [0.1, 0.15) is 39.0 Å². The molecule has 3 heteroatoms. The van der Waals surface area contributed by atoms with E-state index in [-0.39, 0.29) is 6.42 Å². The van der Waals surface area contributed by atoms with Crippen LogP contribution in [0.2, 0.25) is 0 Å². The summed E-state index contributed by atoms with van der Waals surface area (Å²) >= 11 is 0. The highest BCUT2D eigenvalue weighted by Gasteiger charge is 2.29. The van der Waals surface area contributed by atoms with Crippen molar-refractivity contribution in [1.29, 1.82) is 0 Å². The number of rotatable bonds is 4. The Morgan fingerprint density at radius 1 is 1.47 bits per heavy atom. The average molecular weight is 264 g/mol. The standard InChI is InChI=1S/C16H21FO2/c1-16(17)9-3-2-4-14(11-16)13-7-5-12(10-13)6-8-15(18)19/h2-4,9,11-13H,5-8,10H2,1H3,(H,18,19). The van der Waals surface area contributed by atoms with Crippen molar-refractivity contribution >= 4 is 5.97 Å². The van der Waals surface area contributed by atoms with Gasteiger partial charge in [-0.3, -0.25) is 4.79 Å². The largest absolute Gasteiger partial charge is 0.481 e. The molecule has 0 heterocycles. The van der Waals surface area contributed by atoms with Gasteiger partial charge >= 0.3 is 5.97 Å². The summed E-state index contributed by atoms with van der Waals surface area (Å²) in [6, 6.07) is 0. The zero-order chi connectivity index (χ0) is 13.9. The van der Waals surface area contributed by atoms with Gasteiger partial charge in [-0.05, 0) is 62.2 Å². The van der Waals surface area contributed by atoms with Gasteiger partial charge in [-0.1, -0.05) is 18.2 Å². The number of hydrogen-bond acceptors (Lipinski definition) is 1. The number of carbonyl (C=O) groups is 1. The van der Waals surface area contributed by atoms with Gasteiger partial charge in [0.2, 0.25) is 0 Å².